The monoisotopic (exact) mass is 710 g/mol. The van der Waals surface area contributed by atoms with E-state index in [4.69, 9.17) is 18.9 Å². The third-order valence-corrected chi connectivity index (χ3v) is 9.14. The van der Waals surface area contributed by atoms with Crippen molar-refractivity contribution in [2.45, 2.75) is 104 Å². The molecule has 8 nitrogen and oxygen atoms in total. The molecule has 278 valence electrons. The average Bonchev–Trinajstić information content (AvgIpc) is 3.11. The molecule has 0 bridgehead atoms. The van der Waals surface area contributed by atoms with Gasteiger partial charge in [-0.05, 0) is 98.9 Å². The summed E-state index contributed by atoms with van der Waals surface area (Å²) in [5.74, 6) is -0.367. The standard InChI is InChI=1S/C44H54O8/c1-31(2)41(47)49-28-13-9-11-18-39(45)51-37-24-20-33(21-25-37)43(5,6)35-16-15-17-36(30-35)44(7,8)34-22-26-38(27-23-34)52-40(46)19-12-10-14-29-50-42(48)32(3)4/h15-17,20-27,30H,1,3,9-14,18-19,28-29H2,2,4-8H3. The van der Waals surface area contributed by atoms with E-state index in [0.717, 1.165) is 35.1 Å². The zero-order valence-corrected chi connectivity index (χ0v) is 31.7. The number of benzene rings is 3. The number of rotatable bonds is 20. The third-order valence-electron chi connectivity index (χ3n) is 9.14. The second kappa shape index (κ2) is 19.6. The van der Waals surface area contributed by atoms with E-state index in [0.29, 0.717) is 61.5 Å². The van der Waals surface area contributed by atoms with Gasteiger partial charge in [-0.2, -0.15) is 0 Å². The van der Waals surface area contributed by atoms with Gasteiger partial charge in [0.1, 0.15) is 11.5 Å². The molecular formula is C44H54O8. The molecule has 0 aliphatic carbocycles. The summed E-state index contributed by atoms with van der Waals surface area (Å²) >= 11 is 0. The maximum absolute atomic E-state index is 12.4. The minimum absolute atomic E-state index is 0.289. The largest absolute Gasteiger partial charge is 0.462 e. The fourth-order valence-corrected chi connectivity index (χ4v) is 5.55. The molecule has 0 saturated carbocycles. The lowest BCUT2D eigenvalue weighted by atomic mass is 9.73. The van der Waals surface area contributed by atoms with Crippen molar-refractivity contribution in [1.29, 1.82) is 0 Å². The number of esters is 4. The Morgan fingerprint density at radius 1 is 0.519 bits per heavy atom. The first-order valence-corrected chi connectivity index (χ1v) is 18.0. The number of carbonyl (C=O) groups is 4. The predicted octanol–water partition coefficient (Wildman–Crippen LogP) is 9.51. The lowest BCUT2D eigenvalue weighted by Crippen LogP contribution is -2.23. The predicted molar refractivity (Wildman–Crippen MR) is 203 cm³/mol. The summed E-state index contributed by atoms with van der Waals surface area (Å²) in [6.07, 6.45) is 4.75. The molecule has 3 aromatic rings. The molecule has 0 heterocycles. The maximum atomic E-state index is 12.4. The number of hydrogen-bond acceptors (Lipinski definition) is 8. The zero-order chi connectivity index (χ0) is 38.3. The molecule has 0 aromatic heterocycles. The second-order valence-corrected chi connectivity index (χ2v) is 14.3. The van der Waals surface area contributed by atoms with Crippen molar-refractivity contribution >= 4 is 23.9 Å². The fraction of sp³-hybridized carbons (Fsp3) is 0.409. The molecule has 0 atom stereocenters. The Bertz CT molecular complexity index is 1570. The van der Waals surface area contributed by atoms with E-state index in [1.54, 1.807) is 13.8 Å². The van der Waals surface area contributed by atoms with Crippen LogP contribution in [0.3, 0.4) is 0 Å². The molecule has 0 saturated heterocycles. The van der Waals surface area contributed by atoms with Crippen LogP contribution in [0.15, 0.2) is 97.1 Å². The number of hydrogen-bond donors (Lipinski definition) is 0. The van der Waals surface area contributed by atoms with Crippen molar-refractivity contribution < 1.29 is 38.1 Å². The lowest BCUT2D eigenvalue weighted by Gasteiger charge is -2.31. The van der Waals surface area contributed by atoms with Crippen LogP contribution in [0, 0.1) is 0 Å². The first-order chi connectivity index (χ1) is 24.6. The molecule has 0 aliphatic heterocycles. The molecule has 3 rings (SSSR count). The molecule has 0 unspecified atom stereocenters. The summed E-state index contributed by atoms with van der Waals surface area (Å²) in [4.78, 5) is 47.7. The maximum Gasteiger partial charge on any atom is 0.333 e. The van der Waals surface area contributed by atoms with Crippen LogP contribution in [0.5, 0.6) is 11.5 Å². The molecule has 52 heavy (non-hydrogen) atoms. The highest BCUT2D eigenvalue weighted by atomic mass is 16.5. The van der Waals surface area contributed by atoms with Crippen LogP contribution in [0.4, 0.5) is 0 Å². The van der Waals surface area contributed by atoms with Gasteiger partial charge in [-0.1, -0.05) is 89.4 Å². The summed E-state index contributed by atoms with van der Waals surface area (Å²) < 4.78 is 21.3. The first-order valence-electron chi connectivity index (χ1n) is 18.0. The Morgan fingerprint density at radius 3 is 1.23 bits per heavy atom. The fourth-order valence-electron chi connectivity index (χ4n) is 5.55. The summed E-state index contributed by atoms with van der Waals surface area (Å²) in [7, 11) is 0. The van der Waals surface area contributed by atoms with Crippen LogP contribution in [0.2, 0.25) is 0 Å². The number of ether oxygens (including phenoxy) is 4. The van der Waals surface area contributed by atoms with Gasteiger partial charge >= 0.3 is 23.9 Å². The smallest absolute Gasteiger partial charge is 0.333 e. The number of carbonyl (C=O) groups excluding carboxylic acids is 4. The molecule has 3 aromatic carbocycles. The summed E-state index contributed by atoms with van der Waals surface area (Å²) in [5, 5.41) is 0. The van der Waals surface area contributed by atoms with Gasteiger partial charge in [0, 0.05) is 34.8 Å². The quantitative estimate of drug-likeness (QED) is 0.0494. The van der Waals surface area contributed by atoms with Gasteiger partial charge in [0.25, 0.3) is 0 Å². The van der Waals surface area contributed by atoms with Crippen molar-refractivity contribution in [3.63, 3.8) is 0 Å². The van der Waals surface area contributed by atoms with Crippen LogP contribution in [0.25, 0.3) is 0 Å². The van der Waals surface area contributed by atoms with E-state index in [-0.39, 0.29) is 35.6 Å². The van der Waals surface area contributed by atoms with Crippen molar-refractivity contribution in [3.8, 4) is 11.5 Å². The normalized spacial score (nSPS) is 11.3. The van der Waals surface area contributed by atoms with Gasteiger partial charge in [0.05, 0.1) is 13.2 Å². The van der Waals surface area contributed by atoms with Gasteiger partial charge in [-0.25, -0.2) is 9.59 Å². The lowest BCUT2D eigenvalue weighted by molar-refractivity contribution is -0.140. The Kier molecular flexibility index (Phi) is 15.6. The van der Waals surface area contributed by atoms with Crippen LogP contribution >= 0.6 is 0 Å². The van der Waals surface area contributed by atoms with E-state index < -0.39 is 11.9 Å². The highest BCUT2D eigenvalue weighted by Crippen LogP contribution is 2.37. The minimum atomic E-state index is -0.394. The van der Waals surface area contributed by atoms with Gasteiger partial charge < -0.3 is 18.9 Å². The van der Waals surface area contributed by atoms with E-state index in [2.05, 4.69) is 65.1 Å². The van der Waals surface area contributed by atoms with Crippen LogP contribution in [0.1, 0.15) is 115 Å². The Labute approximate surface area is 309 Å². The average molecular weight is 711 g/mol. The molecule has 0 radical (unpaired) electrons. The SMILES string of the molecule is C=C(C)C(=O)OCCCCCC(=O)Oc1ccc(C(C)(C)c2cccc(C(C)(C)c3ccc(OC(=O)CCCCCOC(=O)C(=C)C)cc3)c2)cc1. The number of unbranched alkanes of at least 4 members (excludes halogenated alkanes) is 4. The molecular weight excluding hydrogens is 656 g/mol. The molecule has 8 heteroatoms. The topological polar surface area (TPSA) is 105 Å². The Morgan fingerprint density at radius 2 is 0.885 bits per heavy atom. The molecule has 0 fully saturated rings. The van der Waals surface area contributed by atoms with Crippen molar-refractivity contribution in [2.75, 3.05) is 13.2 Å². The molecule has 0 spiro atoms. The summed E-state index contributed by atoms with van der Waals surface area (Å²) in [5.41, 5.74) is 4.57. The van der Waals surface area contributed by atoms with Gasteiger partial charge in [-0.3, -0.25) is 9.59 Å². The Balaban J connectivity index is 1.52. The van der Waals surface area contributed by atoms with Crippen LogP contribution < -0.4 is 9.47 Å². The molecule has 0 amide bonds. The van der Waals surface area contributed by atoms with Gasteiger partial charge in [0.15, 0.2) is 0 Å². The Hall–Kier alpha value is -4.98. The highest BCUT2D eigenvalue weighted by Gasteiger charge is 2.28. The van der Waals surface area contributed by atoms with Crippen molar-refractivity contribution in [2.24, 2.45) is 0 Å². The van der Waals surface area contributed by atoms with Crippen molar-refractivity contribution in [1.82, 2.24) is 0 Å². The first kappa shape index (κ1) is 41.4. The summed E-state index contributed by atoms with van der Waals surface area (Å²) in [6.45, 7) is 19.7. The third kappa shape index (κ3) is 12.7. The minimum Gasteiger partial charge on any atom is -0.462 e. The highest BCUT2D eigenvalue weighted by molar-refractivity contribution is 5.87. The van der Waals surface area contributed by atoms with Crippen molar-refractivity contribution in [3.05, 3.63) is 119 Å². The molecule has 0 aliphatic rings. The zero-order valence-electron chi connectivity index (χ0n) is 31.7. The van der Waals surface area contributed by atoms with Crippen LogP contribution in [-0.2, 0) is 39.5 Å². The van der Waals surface area contributed by atoms with E-state index >= 15 is 0 Å². The van der Waals surface area contributed by atoms with Gasteiger partial charge in [0.2, 0.25) is 0 Å². The van der Waals surface area contributed by atoms with E-state index in [1.807, 2.05) is 48.5 Å². The summed E-state index contributed by atoms with van der Waals surface area (Å²) in [6, 6.07) is 23.9. The second-order valence-electron chi connectivity index (χ2n) is 14.3. The van der Waals surface area contributed by atoms with E-state index in [9.17, 15) is 19.2 Å². The van der Waals surface area contributed by atoms with E-state index in [1.165, 1.54) is 0 Å². The molecule has 0 N–H and O–H groups in total. The van der Waals surface area contributed by atoms with Crippen LogP contribution in [-0.4, -0.2) is 37.1 Å². The van der Waals surface area contributed by atoms with Gasteiger partial charge in [-0.15, -0.1) is 0 Å².